The van der Waals surface area contributed by atoms with Gasteiger partial charge in [0.15, 0.2) is 6.10 Å². The van der Waals surface area contributed by atoms with Gasteiger partial charge in [0.25, 0.3) is 0 Å². The van der Waals surface area contributed by atoms with Crippen molar-refractivity contribution in [2.45, 2.75) is 278 Å². The fourth-order valence-corrected chi connectivity index (χ4v) is 7.33. The monoisotopic (exact) mass is 779 g/mol. The Morgan fingerprint density at radius 2 is 0.600 bits per heavy atom. The summed E-state index contributed by atoms with van der Waals surface area (Å²) in [6, 6.07) is 0. The molecule has 0 radical (unpaired) electrons. The van der Waals surface area contributed by atoms with E-state index in [0.29, 0.717) is 19.3 Å². The molecule has 0 amide bonds. The largest absolute Gasteiger partial charge is 0.462 e. The number of carbonyl (C=O) groups excluding carboxylic acids is 3. The standard InChI is InChI=1S/C49H94O6/c1-5-7-9-11-13-15-16-21-26-30-34-38-42-49(52)55-46(43-53-47(50)40-36-32-28-23-14-12-10-8-6-2)44-54-48(51)41-37-33-29-25-22-19-17-18-20-24-27-31-35-39-45(3)4/h45-46H,5-44H2,1-4H3/t46-/m0/s1. The van der Waals surface area contributed by atoms with Crippen LogP contribution in [0.5, 0.6) is 0 Å². The molecule has 0 saturated heterocycles. The molecule has 0 N–H and O–H groups in total. The summed E-state index contributed by atoms with van der Waals surface area (Å²) in [4.78, 5) is 37.7. The van der Waals surface area contributed by atoms with Crippen LogP contribution in [0.1, 0.15) is 272 Å². The lowest BCUT2D eigenvalue weighted by atomic mass is 10.0. The molecule has 0 aromatic rings. The first-order valence-corrected chi connectivity index (χ1v) is 24.4. The molecule has 0 rings (SSSR count). The fourth-order valence-electron chi connectivity index (χ4n) is 7.33. The number of rotatable bonds is 44. The number of unbranched alkanes of at least 4 members (excludes halogenated alkanes) is 31. The van der Waals surface area contributed by atoms with Gasteiger partial charge in [-0.1, -0.05) is 233 Å². The van der Waals surface area contributed by atoms with E-state index >= 15 is 0 Å². The van der Waals surface area contributed by atoms with Crippen LogP contribution >= 0.6 is 0 Å². The van der Waals surface area contributed by atoms with Crippen molar-refractivity contribution in [1.82, 2.24) is 0 Å². The summed E-state index contributed by atoms with van der Waals surface area (Å²) in [6.07, 6.45) is 43.7. The van der Waals surface area contributed by atoms with Gasteiger partial charge in [0.05, 0.1) is 0 Å². The molecule has 0 aliphatic carbocycles. The van der Waals surface area contributed by atoms with Gasteiger partial charge in [-0.25, -0.2) is 0 Å². The maximum Gasteiger partial charge on any atom is 0.306 e. The zero-order chi connectivity index (χ0) is 40.3. The van der Waals surface area contributed by atoms with Gasteiger partial charge < -0.3 is 14.2 Å². The summed E-state index contributed by atoms with van der Waals surface area (Å²) in [7, 11) is 0. The van der Waals surface area contributed by atoms with Crippen LogP contribution < -0.4 is 0 Å². The summed E-state index contributed by atoms with van der Waals surface area (Å²) >= 11 is 0. The van der Waals surface area contributed by atoms with Gasteiger partial charge in [0, 0.05) is 19.3 Å². The minimum Gasteiger partial charge on any atom is -0.462 e. The van der Waals surface area contributed by atoms with E-state index in [9.17, 15) is 14.4 Å². The van der Waals surface area contributed by atoms with E-state index < -0.39 is 6.10 Å². The van der Waals surface area contributed by atoms with Crippen LogP contribution in [-0.2, 0) is 28.6 Å². The van der Waals surface area contributed by atoms with Crippen LogP contribution in [-0.4, -0.2) is 37.2 Å². The van der Waals surface area contributed by atoms with Crippen molar-refractivity contribution in [3.63, 3.8) is 0 Å². The number of hydrogen-bond donors (Lipinski definition) is 0. The average molecular weight is 779 g/mol. The molecule has 0 heterocycles. The summed E-state index contributed by atoms with van der Waals surface area (Å²) in [5, 5.41) is 0. The molecule has 0 aliphatic heterocycles. The minimum atomic E-state index is -0.759. The lowest BCUT2D eigenvalue weighted by molar-refractivity contribution is -0.167. The van der Waals surface area contributed by atoms with Crippen molar-refractivity contribution in [2.75, 3.05) is 13.2 Å². The SMILES string of the molecule is CCCCCCCCCCCCCCC(=O)O[C@@H](COC(=O)CCCCCCCCCCC)COC(=O)CCCCCCCCCCCCCCCC(C)C. The lowest BCUT2D eigenvalue weighted by Gasteiger charge is -2.18. The second-order valence-corrected chi connectivity index (χ2v) is 17.2. The van der Waals surface area contributed by atoms with Crippen molar-refractivity contribution in [3.05, 3.63) is 0 Å². The van der Waals surface area contributed by atoms with Gasteiger partial charge in [-0.15, -0.1) is 0 Å². The number of carbonyl (C=O) groups is 3. The highest BCUT2D eigenvalue weighted by Crippen LogP contribution is 2.17. The zero-order valence-electron chi connectivity index (χ0n) is 37.4. The molecular weight excluding hydrogens is 685 g/mol. The topological polar surface area (TPSA) is 78.9 Å². The molecule has 55 heavy (non-hydrogen) atoms. The summed E-state index contributed by atoms with van der Waals surface area (Å²) in [6.45, 7) is 9.00. The highest BCUT2D eigenvalue weighted by atomic mass is 16.6. The molecule has 0 aromatic carbocycles. The third kappa shape index (κ3) is 43.4. The molecule has 326 valence electrons. The van der Waals surface area contributed by atoms with Gasteiger partial charge in [-0.2, -0.15) is 0 Å². The first kappa shape index (κ1) is 53.4. The molecule has 0 aliphatic rings. The van der Waals surface area contributed by atoms with E-state index in [1.807, 2.05) is 0 Å². The molecule has 0 aromatic heterocycles. The van der Waals surface area contributed by atoms with Gasteiger partial charge >= 0.3 is 17.9 Å². The molecule has 0 spiro atoms. The predicted molar refractivity (Wildman–Crippen MR) is 233 cm³/mol. The van der Waals surface area contributed by atoms with Gasteiger partial charge in [-0.05, 0) is 25.2 Å². The van der Waals surface area contributed by atoms with E-state index in [0.717, 1.165) is 63.7 Å². The van der Waals surface area contributed by atoms with E-state index in [4.69, 9.17) is 14.2 Å². The van der Waals surface area contributed by atoms with E-state index in [-0.39, 0.29) is 31.1 Å². The first-order chi connectivity index (χ1) is 26.9. The molecule has 0 saturated carbocycles. The Morgan fingerprint density at radius 3 is 0.891 bits per heavy atom. The second kappa shape index (κ2) is 43.5. The number of hydrogen-bond acceptors (Lipinski definition) is 6. The third-order valence-corrected chi connectivity index (χ3v) is 11.0. The Morgan fingerprint density at radius 1 is 0.345 bits per heavy atom. The quantitative estimate of drug-likeness (QED) is 0.0348. The van der Waals surface area contributed by atoms with Crippen molar-refractivity contribution >= 4 is 17.9 Å². The van der Waals surface area contributed by atoms with E-state index in [1.165, 1.54) is 167 Å². The fraction of sp³-hybridized carbons (Fsp3) is 0.939. The number of esters is 3. The Kier molecular flexibility index (Phi) is 42.3. The minimum absolute atomic E-state index is 0.0632. The Hall–Kier alpha value is -1.59. The molecule has 6 heteroatoms. The predicted octanol–water partition coefficient (Wildman–Crippen LogP) is 15.5. The van der Waals surface area contributed by atoms with Crippen molar-refractivity contribution < 1.29 is 28.6 Å². The Bertz CT molecular complexity index is 826. The molecule has 6 nitrogen and oxygen atoms in total. The number of ether oxygens (including phenoxy) is 3. The summed E-state index contributed by atoms with van der Waals surface area (Å²) in [5.74, 6) is -0.0114. The van der Waals surface area contributed by atoms with Crippen LogP contribution in [0.2, 0.25) is 0 Å². The van der Waals surface area contributed by atoms with Crippen LogP contribution in [0.25, 0.3) is 0 Å². The normalized spacial score (nSPS) is 11.9. The summed E-state index contributed by atoms with van der Waals surface area (Å²) < 4.78 is 16.7. The molecule has 0 bridgehead atoms. The van der Waals surface area contributed by atoms with E-state index in [2.05, 4.69) is 27.7 Å². The molecule has 0 fully saturated rings. The van der Waals surface area contributed by atoms with Crippen LogP contribution in [0.15, 0.2) is 0 Å². The molecular formula is C49H94O6. The van der Waals surface area contributed by atoms with Crippen LogP contribution in [0.3, 0.4) is 0 Å². The Labute approximate surface area is 342 Å². The van der Waals surface area contributed by atoms with E-state index in [1.54, 1.807) is 0 Å². The second-order valence-electron chi connectivity index (χ2n) is 17.2. The van der Waals surface area contributed by atoms with Gasteiger partial charge in [0.2, 0.25) is 0 Å². The van der Waals surface area contributed by atoms with Crippen molar-refractivity contribution in [1.29, 1.82) is 0 Å². The average Bonchev–Trinajstić information content (AvgIpc) is 3.17. The van der Waals surface area contributed by atoms with Crippen molar-refractivity contribution in [3.8, 4) is 0 Å². The maximum atomic E-state index is 12.7. The molecule has 0 unspecified atom stereocenters. The van der Waals surface area contributed by atoms with Crippen LogP contribution in [0.4, 0.5) is 0 Å². The van der Waals surface area contributed by atoms with Gasteiger partial charge in [-0.3, -0.25) is 14.4 Å². The lowest BCUT2D eigenvalue weighted by Crippen LogP contribution is -2.30. The third-order valence-electron chi connectivity index (χ3n) is 11.0. The summed E-state index contributed by atoms with van der Waals surface area (Å²) in [5.41, 5.74) is 0. The smallest absolute Gasteiger partial charge is 0.306 e. The van der Waals surface area contributed by atoms with Gasteiger partial charge in [0.1, 0.15) is 13.2 Å². The highest BCUT2D eigenvalue weighted by Gasteiger charge is 2.19. The van der Waals surface area contributed by atoms with Crippen LogP contribution in [0, 0.1) is 5.92 Å². The highest BCUT2D eigenvalue weighted by molar-refractivity contribution is 5.71. The Balaban J connectivity index is 4.27. The first-order valence-electron chi connectivity index (χ1n) is 24.4. The maximum absolute atomic E-state index is 12.7. The van der Waals surface area contributed by atoms with Crippen molar-refractivity contribution in [2.24, 2.45) is 5.92 Å². The zero-order valence-corrected chi connectivity index (χ0v) is 37.4. The molecule has 1 atom stereocenters.